The number of nitrogens with zero attached hydrogens (tertiary/aromatic N) is 3. The predicted octanol–water partition coefficient (Wildman–Crippen LogP) is 3.14. The van der Waals surface area contributed by atoms with Gasteiger partial charge in [-0.05, 0) is 86.3 Å². The van der Waals surface area contributed by atoms with Crippen molar-refractivity contribution in [2.75, 3.05) is 26.8 Å². The first-order valence-corrected chi connectivity index (χ1v) is 12.1. The highest BCUT2D eigenvalue weighted by atomic mass is 16.5. The first-order valence-electron chi connectivity index (χ1n) is 12.1. The third-order valence-electron chi connectivity index (χ3n) is 8.53. The summed E-state index contributed by atoms with van der Waals surface area (Å²) in [6.45, 7) is 2.01. The molecule has 1 saturated heterocycles. The lowest BCUT2D eigenvalue weighted by Crippen LogP contribution is -2.51. The Balaban J connectivity index is 1.19. The number of ether oxygens (including phenoxy) is 1. The zero-order valence-electron chi connectivity index (χ0n) is 18.8. The minimum atomic E-state index is -0.135. The molecule has 5 aliphatic rings. The van der Waals surface area contributed by atoms with Crippen LogP contribution < -0.4 is 5.32 Å². The van der Waals surface area contributed by atoms with E-state index in [9.17, 15) is 9.59 Å². The van der Waals surface area contributed by atoms with E-state index in [1.807, 2.05) is 12.1 Å². The molecule has 0 spiro atoms. The molecular formula is C25H32N4O3. The maximum atomic E-state index is 13.2. The Labute approximate surface area is 188 Å². The van der Waals surface area contributed by atoms with E-state index in [1.54, 1.807) is 28.7 Å². The standard InChI is InChI=1S/C25H32N4O3/c1-28(19-4-6-32-14-19)24(31)21-10-22-20(3-2-5-29(22)27-21)23(30)26-15-25-11-16-7-17(12-25)9-18(8-16)13-25/h2-3,5,10,16-19H,4,6-9,11-15H2,1H3,(H,26,30). The van der Waals surface area contributed by atoms with E-state index in [2.05, 4.69) is 10.4 Å². The number of amides is 2. The number of hydrogen-bond donors (Lipinski definition) is 1. The maximum absolute atomic E-state index is 13.2. The predicted molar refractivity (Wildman–Crippen MR) is 119 cm³/mol. The number of pyridine rings is 1. The number of hydrogen-bond acceptors (Lipinski definition) is 4. The largest absolute Gasteiger partial charge is 0.379 e. The van der Waals surface area contributed by atoms with Crippen molar-refractivity contribution in [2.45, 2.75) is 51.0 Å². The highest BCUT2D eigenvalue weighted by Gasteiger charge is 2.50. The summed E-state index contributed by atoms with van der Waals surface area (Å²) in [6, 6.07) is 5.47. The van der Waals surface area contributed by atoms with Crippen molar-refractivity contribution < 1.29 is 14.3 Å². The minimum absolute atomic E-state index is 0.0669. The van der Waals surface area contributed by atoms with Crippen LogP contribution in [0, 0.1) is 23.2 Å². The number of rotatable bonds is 5. The second kappa shape index (κ2) is 7.58. The molecule has 1 unspecified atom stereocenters. The maximum Gasteiger partial charge on any atom is 0.274 e. The van der Waals surface area contributed by atoms with Gasteiger partial charge in [0.25, 0.3) is 11.8 Å². The third-order valence-corrected chi connectivity index (χ3v) is 8.53. The average molecular weight is 437 g/mol. The van der Waals surface area contributed by atoms with Crippen molar-refractivity contribution in [3.8, 4) is 0 Å². The molecule has 5 fully saturated rings. The first kappa shape index (κ1) is 20.2. The molecule has 170 valence electrons. The van der Waals surface area contributed by atoms with Crippen molar-refractivity contribution >= 4 is 17.3 Å². The zero-order valence-corrected chi connectivity index (χ0v) is 18.8. The van der Waals surface area contributed by atoms with Crippen molar-refractivity contribution in [1.82, 2.24) is 19.8 Å². The summed E-state index contributed by atoms with van der Waals surface area (Å²) in [5.41, 5.74) is 1.91. The van der Waals surface area contributed by atoms with Crippen LogP contribution in [0.5, 0.6) is 0 Å². The van der Waals surface area contributed by atoms with Gasteiger partial charge in [0, 0.05) is 26.4 Å². The Kier molecular flexibility index (Phi) is 4.79. The van der Waals surface area contributed by atoms with Gasteiger partial charge in [0.15, 0.2) is 5.69 Å². The van der Waals surface area contributed by atoms with E-state index in [0.717, 1.165) is 30.7 Å². The van der Waals surface area contributed by atoms with E-state index >= 15 is 0 Å². The quantitative estimate of drug-likeness (QED) is 0.781. The molecule has 1 aliphatic heterocycles. The van der Waals surface area contributed by atoms with Gasteiger partial charge in [-0.15, -0.1) is 0 Å². The number of carbonyl (C=O) groups is 2. The number of fused-ring (bicyclic) bond motifs is 1. The Morgan fingerprint density at radius 3 is 2.59 bits per heavy atom. The molecule has 2 amide bonds. The van der Waals surface area contributed by atoms with Crippen LogP contribution in [-0.2, 0) is 4.74 Å². The van der Waals surface area contributed by atoms with Crippen LogP contribution in [0.4, 0.5) is 0 Å². The summed E-state index contributed by atoms with van der Waals surface area (Å²) >= 11 is 0. The van der Waals surface area contributed by atoms with Crippen molar-refractivity contribution in [1.29, 1.82) is 0 Å². The molecule has 2 aromatic rings. The number of nitrogens with one attached hydrogen (secondary N) is 1. The van der Waals surface area contributed by atoms with Gasteiger partial charge in [0.05, 0.1) is 23.7 Å². The highest BCUT2D eigenvalue weighted by molar-refractivity contribution is 6.02. The summed E-state index contributed by atoms with van der Waals surface area (Å²) in [5, 5.41) is 7.73. The van der Waals surface area contributed by atoms with Gasteiger partial charge >= 0.3 is 0 Å². The van der Waals surface area contributed by atoms with E-state index in [1.165, 1.54) is 38.5 Å². The average Bonchev–Trinajstić information content (AvgIpc) is 3.45. The van der Waals surface area contributed by atoms with Gasteiger partial charge in [-0.1, -0.05) is 0 Å². The number of carbonyl (C=O) groups excluding carboxylic acids is 2. The number of aromatic nitrogens is 2. The minimum Gasteiger partial charge on any atom is -0.379 e. The normalized spacial score (nSPS) is 33.0. The Bertz CT molecular complexity index is 1020. The van der Waals surface area contributed by atoms with Crippen molar-refractivity contribution in [2.24, 2.45) is 23.2 Å². The fourth-order valence-electron chi connectivity index (χ4n) is 7.36. The van der Waals surface area contributed by atoms with Crippen LogP contribution in [0.2, 0.25) is 0 Å². The summed E-state index contributed by atoms with van der Waals surface area (Å²) in [5.74, 6) is 2.40. The molecule has 4 aliphatic carbocycles. The molecule has 2 aromatic heterocycles. The van der Waals surface area contributed by atoms with Crippen LogP contribution in [0.3, 0.4) is 0 Å². The van der Waals surface area contributed by atoms with Crippen LogP contribution in [0.25, 0.3) is 5.52 Å². The molecule has 7 heteroatoms. The lowest BCUT2D eigenvalue weighted by atomic mass is 9.49. The van der Waals surface area contributed by atoms with Gasteiger partial charge in [0.2, 0.25) is 0 Å². The molecule has 4 bridgehead atoms. The first-order chi connectivity index (χ1) is 15.5. The molecule has 4 saturated carbocycles. The molecule has 0 radical (unpaired) electrons. The van der Waals surface area contributed by atoms with Gasteiger partial charge in [-0.2, -0.15) is 5.10 Å². The topological polar surface area (TPSA) is 75.9 Å². The fourth-order valence-corrected chi connectivity index (χ4v) is 7.36. The monoisotopic (exact) mass is 436 g/mol. The van der Waals surface area contributed by atoms with Crippen LogP contribution >= 0.6 is 0 Å². The van der Waals surface area contributed by atoms with Gasteiger partial charge < -0.3 is 15.0 Å². The van der Waals surface area contributed by atoms with E-state index in [0.29, 0.717) is 35.4 Å². The van der Waals surface area contributed by atoms with E-state index in [4.69, 9.17) is 4.74 Å². The highest BCUT2D eigenvalue weighted by Crippen LogP contribution is 2.59. The molecule has 1 atom stereocenters. The summed E-state index contributed by atoms with van der Waals surface area (Å²) in [7, 11) is 1.80. The SMILES string of the molecule is CN(C(=O)c1cc2c(C(=O)NCC34CC5CC(CC(C5)C3)C4)cccn2n1)C1CCOC1. The van der Waals surface area contributed by atoms with Crippen molar-refractivity contribution in [3.63, 3.8) is 0 Å². The smallest absolute Gasteiger partial charge is 0.274 e. The van der Waals surface area contributed by atoms with E-state index in [-0.39, 0.29) is 17.9 Å². The Morgan fingerprint density at radius 2 is 1.94 bits per heavy atom. The van der Waals surface area contributed by atoms with Gasteiger partial charge in [0.1, 0.15) is 0 Å². The second-order valence-electron chi connectivity index (χ2n) is 10.8. The Morgan fingerprint density at radius 1 is 1.22 bits per heavy atom. The van der Waals surface area contributed by atoms with Gasteiger partial charge in [-0.3, -0.25) is 9.59 Å². The zero-order chi connectivity index (χ0) is 21.9. The van der Waals surface area contributed by atoms with Crippen LogP contribution in [-0.4, -0.2) is 59.2 Å². The summed E-state index contributed by atoms with van der Waals surface area (Å²) in [4.78, 5) is 27.9. The summed E-state index contributed by atoms with van der Waals surface area (Å²) in [6.07, 6.45) is 10.7. The van der Waals surface area contributed by atoms with Crippen molar-refractivity contribution in [3.05, 3.63) is 35.7 Å². The van der Waals surface area contributed by atoms with Gasteiger partial charge in [-0.25, -0.2) is 4.52 Å². The summed E-state index contributed by atoms with van der Waals surface area (Å²) < 4.78 is 7.06. The lowest BCUT2D eigenvalue weighted by Gasteiger charge is -2.56. The Hall–Kier alpha value is -2.41. The van der Waals surface area contributed by atoms with Crippen LogP contribution in [0.15, 0.2) is 24.4 Å². The lowest BCUT2D eigenvalue weighted by molar-refractivity contribution is -0.0503. The van der Waals surface area contributed by atoms with Crippen LogP contribution in [0.1, 0.15) is 65.8 Å². The molecule has 0 aromatic carbocycles. The molecule has 7 nitrogen and oxygen atoms in total. The molecule has 3 heterocycles. The molecular weight excluding hydrogens is 404 g/mol. The number of likely N-dealkylation sites (N-methyl/N-ethyl adjacent to an activating group) is 1. The fraction of sp³-hybridized carbons (Fsp3) is 0.640. The molecule has 1 N–H and O–H groups in total. The molecule has 7 rings (SSSR count). The third kappa shape index (κ3) is 3.41. The molecule has 32 heavy (non-hydrogen) atoms. The second-order valence-corrected chi connectivity index (χ2v) is 10.8. The van der Waals surface area contributed by atoms with E-state index < -0.39 is 0 Å².